The zero-order valence-corrected chi connectivity index (χ0v) is 16.5. The fourth-order valence-corrected chi connectivity index (χ4v) is 3.66. The van der Waals surface area contributed by atoms with Gasteiger partial charge in [-0.3, -0.25) is 0 Å². The Morgan fingerprint density at radius 2 is 1.93 bits per heavy atom. The van der Waals surface area contributed by atoms with Crippen molar-refractivity contribution in [2.24, 2.45) is 7.05 Å². The number of thioether (sulfide) groups is 1. The molecule has 0 saturated carbocycles. The van der Waals surface area contributed by atoms with Crippen LogP contribution in [0.5, 0.6) is 0 Å². The number of hydrogen-bond acceptors (Lipinski definition) is 6. The van der Waals surface area contributed by atoms with Crippen LogP contribution in [-0.4, -0.2) is 24.9 Å². The van der Waals surface area contributed by atoms with Crippen LogP contribution in [0, 0.1) is 0 Å². The van der Waals surface area contributed by atoms with E-state index in [1.165, 1.54) is 11.8 Å². The van der Waals surface area contributed by atoms with Gasteiger partial charge in [0.05, 0.1) is 10.8 Å². The second kappa shape index (κ2) is 7.72. The van der Waals surface area contributed by atoms with Gasteiger partial charge in [-0.05, 0) is 24.3 Å². The van der Waals surface area contributed by atoms with Crippen molar-refractivity contribution in [3.8, 4) is 22.8 Å². The molecule has 0 spiro atoms. The summed E-state index contributed by atoms with van der Waals surface area (Å²) in [6, 6.07) is 14.9. The summed E-state index contributed by atoms with van der Waals surface area (Å²) in [5.41, 5.74) is 1.64. The van der Waals surface area contributed by atoms with Gasteiger partial charge in [-0.1, -0.05) is 64.4 Å². The second-order valence-corrected chi connectivity index (χ2v) is 7.44. The second-order valence-electron chi connectivity index (χ2n) is 5.66. The minimum atomic E-state index is 0.474. The Kier molecular flexibility index (Phi) is 5.15. The largest absolute Gasteiger partial charge is 0.338 e. The monoisotopic (exact) mass is 417 g/mol. The highest BCUT2D eigenvalue weighted by atomic mass is 35.5. The normalized spacial score (nSPS) is 11.1. The van der Waals surface area contributed by atoms with E-state index in [4.69, 9.17) is 27.7 Å². The molecular weight excluding hydrogens is 405 g/mol. The highest BCUT2D eigenvalue weighted by Gasteiger charge is 2.15. The van der Waals surface area contributed by atoms with Crippen molar-refractivity contribution in [3.05, 3.63) is 64.5 Å². The summed E-state index contributed by atoms with van der Waals surface area (Å²) in [7, 11) is 1.90. The summed E-state index contributed by atoms with van der Waals surface area (Å²) in [6.45, 7) is 0. The maximum absolute atomic E-state index is 6.25. The van der Waals surface area contributed by atoms with Crippen LogP contribution in [0.4, 0.5) is 0 Å². The number of nitrogens with zero attached hydrogens (tertiary/aromatic N) is 5. The van der Waals surface area contributed by atoms with E-state index in [0.717, 1.165) is 16.3 Å². The SMILES string of the molecule is Cn1c(SCc2nc(-c3cccc(Cl)c3)no2)nnc1-c1ccccc1Cl. The maximum atomic E-state index is 6.25. The van der Waals surface area contributed by atoms with Crippen molar-refractivity contribution < 1.29 is 4.52 Å². The minimum Gasteiger partial charge on any atom is -0.338 e. The van der Waals surface area contributed by atoms with Gasteiger partial charge in [0.25, 0.3) is 0 Å². The first-order valence-corrected chi connectivity index (χ1v) is 9.71. The van der Waals surface area contributed by atoms with Crippen molar-refractivity contribution in [3.63, 3.8) is 0 Å². The number of benzene rings is 2. The molecule has 0 radical (unpaired) electrons. The molecule has 136 valence electrons. The number of halogens is 2. The van der Waals surface area contributed by atoms with Crippen molar-refractivity contribution >= 4 is 35.0 Å². The summed E-state index contributed by atoms with van der Waals surface area (Å²) in [5.74, 6) is 2.18. The van der Waals surface area contributed by atoms with Crippen molar-refractivity contribution in [2.45, 2.75) is 10.9 Å². The van der Waals surface area contributed by atoms with Crippen LogP contribution >= 0.6 is 35.0 Å². The molecule has 4 rings (SSSR count). The molecule has 0 bridgehead atoms. The third-order valence-electron chi connectivity index (χ3n) is 3.83. The molecule has 4 aromatic rings. The molecule has 2 aromatic carbocycles. The van der Waals surface area contributed by atoms with Crippen LogP contribution in [0.1, 0.15) is 5.89 Å². The lowest BCUT2D eigenvalue weighted by Crippen LogP contribution is -1.95. The van der Waals surface area contributed by atoms with Crippen LogP contribution in [0.25, 0.3) is 22.8 Å². The van der Waals surface area contributed by atoms with Gasteiger partial charge in [-0.2, -0.15) is 4.98 Å². The molecule has 0 fully saturated rings. The molecule has 0 atom stereocenters. The highest BCUT2D eigenvalue weighted by Crippen LogP contribution is 2.29. The van der Waals surface area contributed by atoms with Gasteiger partial charge in [0, 0.05) is 23.2 Å². The summed E-state index contributed by atoms with van der Waals surface area (Å²) in [5, 5.41) is 14.5. The Balaban J connectivity index is 1.50. The van der Waals surface area contributed by atoms with Crippen LogP contribution in [0.2, 0.25) is 10.0 Å². The van der Waals surface area contributed by atoms with Crippen molar-refractivity contribution in [1.82, 2.24) is 24.9 Å². The Hall–Kier alpha value is -2.35. The summed E-state index contributed by atoms with van der Waals surface area (Å²) in [4.78, 5) is 4.41. The first-order valence-electron chi connectivity index (χ1n) is 7.97. The Morgan fingerprint density at radius 3 is 2.74 bits per heavy atom. The van der Waals surface area contributed by atoms with Crippen LogP contribution in [-0.2, 0) is 12.8 Å². The zero-order valence-electron chi connectivity index (χ0n) is 14.1. The van der Waals surface area contributed by atoms with Crippen LogP contribution in [0.15, 0.2) is 58.2 Å². The van der Waals surface area contributed by atoms with Gasteiger partial charge < -0.3 is 9.09 Å². The van der Waals surface area contributed by atoms with E-state index in [1.807, 2.05) is 48.0 Å². The van der Waals surface area contributed by atoms with Gasteiger partial charge in [-0.15, -0.1) is 10.2 Å². The zero-order chi connectivity index (χ0) is 18.8. The molecule has 0 unspecified atom stereocenters. The molecule has 0 aliphatic heterocycles. The molecule has 9 heteroatoms. The van der Waals surface area contributed by atoms with Crippen LogP contribution in [0.3, 0.4) is 0 Å². The van der Waals surface area contributed by atoms with E-state index in [-0.39, 0.29) is 0 Å². The summed E-state index contributed by atoms with van der Waals surface area (Å²) < 4.78 is 7.22. The lowest BCUT2D eigenvalue weighted by Gasteiger charge is -2.04. The average molecular weight is 418 g/mol. The van der Waals surface area contributed by atoms with E-state index in [2.05, 4.69) is 20.3 Å². The maximum Gasteiger partial charge on any atom is 0.237 e. The topological polar surface area (TPSA) is 69.6 Å². The smallest absolute Gasteiger partial charge is 0.237 e. The predicted octanol–water partition coefficient (Wildman–Crippen LogP) is 5.13. The molecule has 0 amide bonds. The van der Waals surface area contributed by atoms with E-state index >= 15 is 0 Å². The van der Waals surface area contributed by atoms with Gasteiger partial charge >= 0.3 is 0 Å². The minimum absolute atomic E-state index is 0.474. The van der Waals surface area contributed by atoms with E-state index in [0.29, 0.717) is 33.3 Å². The van der Waals surface area contributed by atoms with Crippen molar-refractivity contribution in [2.75, 3.05) is 0 Å². The molecule has 0 N–H and O–H groups in total. The van der Waals surface area contributed by atoms with E-state index in [1.54, 1.807) is 12.1 Å². The van der Waals surface area contributed by atoms with E-state index in [9.17, 15) is 0 Å². The van der Waals surface area contributed by atoms with E-state index < -0.39 is 0 Å². The fourth-order valence-electron chi connectivity index (χ4n) is 2.50. The van der Waals surface area contributed by atoms with Gasteiger partial charge in [-0.25, -0.2) is 0 Å². The Labute approximate surface area is 169 Å². The van der Waals surface area contributed by atoms with Crippen LogP contribution < -0.4 is 0 Å². The first-order chi connectivity index (χ1) is 13.1. The lowest BCUT2D eigenvalue weighted by atomic mass is 10.2. The lowest BCUT2D eigenvalue weighted by molar-refractivity contribution is 0.391. The average Bonchev–Trinajstić information content (AvgIpc) is 3.28. The summed E-state index contributed by atoms with van der Waals surface area (Å²) in [6.07, 6.45) is 0. The molecule has 0 aliphatic rings. The Morgan fingerprint density at radius 1 is 1.07 bits per heavy atom. The molecule has 0 aliphatic carbocycles. The number of hydrogen-bond donors (Lipinski definition) is 0. The molecule has 27 heavy (non-hydrogen) atoms. The Bertz CT molecular complexity index is 1090. The fraction of sp³-hybridized carbons (Fsp3) is 0.111. The quantitative estimate of drug-likeness (QED) is 0.419. The van der Waals surface area contributed by atoms with Crippen molar-refractivity contribution in [1.29, 1.82) is 0 Å². The number of rotatable bonds is 5. The van der Waals surface area contributed by atoms with Gasteiger partial charge in [0.2, 0.25) is 11.7 Å². The third kappa shape index (κ3) is 3.85. The molecule has 6 nitrogen and oxygen atoms in total. The first kappa shape index (κ1) is 18.0. The number of aromatic nitrogens is 5. The predicted molar refractivity (Wildman–Crippen MR) is 106 cm³/mol. The molecule has 0 saturated heterocycles. The summed E-state index contributed by atoms with van der Waals surface area (Å²) >= 11 is 13.7. The standard InChI is InChI=1S/C18H13Cl2N5OS/c1-25-17(13-7-2-3-8-14(13)20)22-23-18(25)27-10-15-21-16(24-26-15)11-5-4-6-12(19)9-11/h2-9H,10H2,1H3. The molecule has 2 aromatic heterocycles. The molecular formula is C18H13Cl2N5OS. The third-order valence-corrected chi connectivity index (χ3v) is 5.39. The highest BCUT2D eigenvalue weighted by molar-refractivity contribution is 7.98. The molecule has 2 heterocycles. The van der Waals surface area contributed by atoms with Gasteiger partial charge in [0.15, 0.2) is 11.0 Å². The van der Waals surface area contributed by atoms with Gasteiger partial charge in [0.1, 0.15) is 0 Å².